The third kappa shape index (κ3) is 4.64. The van der Waals surface area contributed by atoms with E-state index in [1.165, 1.54) is 24.8 Å². The van der Waals surface area contributed by atoms with Crippen LogP contribution in [0, 0.1) is 0 Å². The fourth-order valence-corrected chi connectivity index (χ4v) is 1.42. The molecule has 0 spiro atoms. The van der Waals surface area contributed by atoms with Crippen molar-refractivity contribution in [2.24, 2.45) is 4.99 Å². The van der Waals surface area contributed by atoms with E-state index >= 15 is 0 Å². The van der Waals surface area contributed by atoms with Gasteiger partial charge in [-0.15, -0.1) is 0 Å². The van der Waals surface area contributed by atoms with Gasteiger partial charge in [0, 0.05) is 6.54 Å². The van der Waals surface area contributed by atoms with Gasteiger partial charge in [0.25, 0.3) is 0 Å². The molecule has 1 rings (SSSR count). The van der Waals surface area contributed by atoms with Crippen molar-refractivity contribution >= 4 is 5.87 Å². The summed E-state index contributed by atoms with van der Waals surface area (Å²) in [5, 5.41) is 0. The van der Waals surface area contributed by atoms with Crippen molar-refractivity contribution in [3.05, 3.63) is 42.5 Å². The van der Waals surface area contributed by atoms with E-state index in [1.54, 1.807) is 0 Å². The fraction of sp³-hybridized carbons (Fsp3) is 0.385. The normalized spacial score (nSPS) is 9.43. The lowest BCUT2D eigenvalue weighted by molar-refractivity contribution is 0.688. The van der Waals surface area contributed by atoms with Crippen LogP contribution in [0.3, 0.4) is 0 Å². The number of hydrogen-bond donors (Lipinski definition) is 0. The predicted octanol–water partition coefficient (Wildman–Crippen LogP) is 3.26. The highest BCUT2D eigenvalue weighted by molar-refractivity contribution is 5.46. The SMILES string of the molecule is C=C=NCCCCCc1ccccc1. The lowest BCUT2D eigenvalue weighted by atomic mass is 10.1. The number of aliphatic imine (C=N–C) groups is 1. The Balaban J connectivity index is 2.07. The van der Waals surface area contributed by atoms with Crippen molar-refractivity contribution in [1.82, 2.24) is 0 Å². The van der Waals surface area contributed by atoms with Gasteiger partial charge in [0.1, 0.15) is 0 Å². The van der Waals surface area contributed by atoms with Gasteiger partial charge in [0.15, 0.2) is 0 Å². The monoisotopic (exact) mass is 187 g/mol. The predicted molar refractivity (Wildman–Crippen MR) is 61.9 cm³/mol. The van der Waals surface area contributed by atoms with Crippen molar-refractivity contribution < 1.29 is 0 Å². The van der Waals surface area contributed by atoms with Crippen LogP contribution in [-0.4, -0.2) is 12.4 Å². The molecule has 0 bridgehead atoms. The Bertz CT molecular complexity index is 283. The van der Waals surface area contributed by atoms with Crippen LogP contribution in [0.1, 0.15) is 24.8 Å². The molecule has 0 aliphatic heterocycles. The Labute approximate surface area is 86.2 Å². The summed E-state index contributed by atoms with van der Waals surface area (Å²) in [6.07, 6.45) is 4.81. The topological polar surface area (TPSA) is 12.4 Å². The van der Waals surface area contributed by atoms with Crippen molar-refractivity contribution in [2.75, 3.05) is 6.54 Å². The molecule has 1 heteroatoms. The highest BCUT2D eigenvalue weighted by Crippen LogP contribution is 2.05. The minimum absolute atomic E-state index is 0.873. The van der Waals surface area contributed by atoms with E-state index < -0.39 is 0 Å². The van der Waals surface area contributed by atoms with Crippen molar-refractivity contribution in [3.63, 3.8) is 0 Å². The molecule has 0 aliphatic rings. The molecule has 1 nitrogen and oxygen atoms in total. The zero-order valence-electron chi connectivity index (χ0n) is 8.58. The van der Waals surface area contributed by atoms with Crippen LogP contribution in [0.5, 0.6) is 0 Å². The summed E-state index contributed by atoms with van der Waals surface area (Å²) in [6.45, 7) is 4.31. The Morgan fingerprint density at radius 2 is 1.86 bits per heavy atom. The molecule has 0 N–H and O–H groups in total. The second-order valence-electron chi connectivity index (χ2n) is 3.34. The number of aryl methyl sites for hydroxylation is 1. The first-order valence-corrected chi connectivity index (χ1v) is 5.16. The van der Waals surface area contributed by atoms with Gasteiger partial charge in [-0.25, -0.2) is 4.99 Å². The highest BCUT2D eigenvalue weighted by atomic mass is 14.7. The van der Waals surface area contributed by atoms with Crippen molar-refractivity contribution in [3.8, 4) is 0 Å². The van der Waals surface area contributed by atoms with Gasteiger partial charge < -0.3 is 0 Å². The maximum absolute atomic E-state index is 3.96. The molecule has 0 unspecified atom stereocenters. The Kier molecular flexibility index (Phi) is 5.46. The standard InChI is InChI=1S/C13H17N/c1-2-14-12-8-4-7-11-13-9-5-3-6-10-13/h3,5-6,9-10H,1,4,7-8,11-12H2. The zero-order valence-corrected chi connectivity index (χ0v) is 8.58. The molecule has 0 aliphatic carbocycles. The molecule has 0 atom stereocenters. The number of nitrogens with zero attached hydrogens (tertiary/aromatic N) is 1. The molecule has 14 heavy (non-hydrogen) atoms. The summed E-state index contributed by atoms with van der Waals surface area (Å²) in [5.74, 6) is 2.55. The number of hydrogen-bond acceptors (Lipinski definition) is 1. The van der Waals surface area contributed by atoms with E-state index in [9.17, 15) is 0 Å². The lowest BCUT2D eigenvalue weighted by Crippen LogP contribution is -1.86. The van der Waals surface area contributed by atoms with Crippen molar-refractivity contribution in [1.29, 1.82) is 0 Å². The molecule has 1 aromatic rings. The summed E-state index contributed by atoms with van der Waals surface area (Å²) in [4.78, 5) is 3.96. The van der Waals surface area contributed by atoms with Gasteiger partial charge in [0.2, 0.25) is 0 Å². The summed E-state index contributed by atoms with van der Waals surface area (Å²) in [6, 6.07) is 10.6. The highest BCUT2D eigenvalue weighted by Gasteiger charge is 1.91. The van der Waals surface area contributed by atoms with Crippen LogP contribution in [0.4, 0.5) is 0 Å². The minimum Gasteiger partial charge on any atom is -0.244 e. The number of benzene rings is 1. The molecule has 0 saturated heterocycles. The van der Waals surface area contributed by atoms with E-state index in [0.29, 0.717) is 0 Å². The second-order valence-corrected chi connectivity index (χ2v) is 3.34. The van der Waals surface area contributed by atoms with Gasteiger partial charge in [0.05, 0.1) is 0 Å². The first-order valence-electron chi connectivity index (χ1n) is 5.16. The lowest BCUT2D eigenvalue weighted by Gasteiger charge is -1.99. The molecular formula is C13H17N. The maximum atomic E-state index is 3.96. The van der Waals surface area contributed by atoms with Crippen LogP contribution in [0.15, 0.2) is 41.9 Å². The first kappa shape index (κ1) is 10.7. The van der Waals surface area contributed by atoms with Crippen LogP contribution >= 0.6 is 0 Å². The van der Waals surface area contributed by atoms with Crippen LogP contribution in [0.2, 0.25) is 0 Å². The largest absolute Gasteiger partial charge is 0.244 e. The molecule has 0 fully saturated rings. The van der Waals surface area contributed by atoms with Gasteiger partial charge in [-0.2, -0.15) is 0 Å². The molecule has 0 radical (unpaired) electrons. The molecule has 0 heterocycles. The van der Waals surface area contributed by atoms with Crippen LogP contribution < -0.4 is 0 Å². The maximum Gasteiger partial charge on any atom is 0.0483 e. The van der Waals surface area contributed by atoms with E-state index in [-0.39, 0.29) is 0 Å². The van der Waals surface area contributed by atoms with Crippen LogP contribution in [-0.2, 0) is 6.42 Å². The van der Waals surface area contributed by atoms with Crippen LogP contribution in [0.25, 0.3) is 0 Å². The molecule has 0 saturated carbocycles. The molecular weight excluding hydrogens is 170 g/mol. The fourth-order valence-electron chi connectivity index (χ4n) is 1.42. The van der Waals surface area contributed by atoms with Gasteiger partial charge in [-0.1, -0.05) is 36.8 Å². The number of rotatable bonds is 6. The Morgan fingerprint density at radius 3 is 2.57 bits per heavy atom. The zero-order chi connectivity index (χ0) is 10.1. The summed E-state index contributed by atoms with van der Waals surface area (Å²) in [7, 11) is 0. The molecule has 0 amide bonds. The van der Waals surface area contributed by atoms with E-state index in [1.807, 2.05) is 0 Å². The Morgan fingerprint density at radius 1 is 1.07 bits per heavy atom. The summed E-state index contributed by atoms with van der Waals surface area (Å²) < 4.78 is 0. The molecule has 0 aromatic heterocycles. The summed E-state index contributed by atoms with van der Waals surface area (Å²) in [5.41, 5.74) is 1.43. The van der Waals surface area contributed by atoms with Gasteiger partial charge in [-0.3, -0.25) is 0 Å². The van der Waals surface area contributed by atoms with Gasteiger partial charge >= 0.3 is 0 Å². The van der Waals surface area contributed by atoms with E-state index in [2.05, 4.69) is 47.8 Å². The van der Waals surface area contributed by atoms with E-state index in [4.69, 9.17) is 0 Å². The molecule has 74 valence electrons. The quantitative estimate of drug-likeness (QED) is 0.479. The average molecular weight is 187 g/mol. The first-order chi connectivity index (χ1) is 6.93. The minimum atomic E-state index is 0.873. The van der Waals surface area contributed by atoms with Gasteiger partial charge in [-0.05, 0) is 37.3 Å². The number of unbranched alkanes of at least 4 members (excludes halogenated alkanes) is 2. The molecule has 1 aromatic carbocycles. The smallest absolute Gasteiger partial charge is 0.0483 e. The second kappa shape index (κ2) is 7.11. The van der Waals surface area contributed by atoms with Crippen molar-refractivity contribution in [2.45, 2.75) is 25.7 Å². The average Bonchev–Trinajstić information content (AvgIpc) is 2.25. The third-order valence-electron chi connectivity index (χ3n) is 2.19. The Hall–Kier alpha value is -1.33. The third-order valence-corrected chi connectivity index (χ3v) is 2.19. The van der Waals surface area contributed by atoms with E-state index in [0.717, 1.165) is 13.0 Å². The summed E-state index contributed by atoms with van der Waals surface area (Å²) >= 11 is 0.